The second-order valence-electron chi connectivity index (χ2n) is 3.71. The third-order valence-corrected chi connectivity index (χ3v) is 2.26. The van der Waals surface area contributed by atoms with Crippen LogP contribution in [0, 0.1) is 0 Å². The van der Waals surface area contributed by atoms with Crippen LogP contribution in [0.15, 0.2) is 31.1 Å². The maximum atomic E-state index is 11.8. The smallest absolute Gasteiger partial charge is 0.253 e. The molecule has 0 aromatic carbocycles. The van der Waals surface area contributed by atoms with Gasteiger partial charge in [-0.25, -0.2) is 0 Å². The van der Waals surface area contributed by atoms with Crippen molar-refractivity contribution in [2.75, 3.05) is 26.8 Å². The number of carbonyl (C=O) groups excluding carboxylic acids is 2. The van der Waals surface area contributed by atoms with Gasteiger partial charge in [-0.3, -0.25) is 14.6 Å². The number of aromatic nitrogens is 1. The molecule has 19 heavy (non-hydrogen) atoms. The topological polar surface area (TPSA) is 80.3 Å². The fraction of sp³-hybridized carbons (Fsp3) is 0.308. The molecule has 0 unspecified atom stereocenters. The fourth-order valence-electron chi connectivity index (χ4n) is 1.32. The molecule has 0 atom stereocenters. The van der Waals surface area contributed by atoms with Crippen LogP contribution >= 0.6 is 0 Å². The van der Waals surface area contributed by atoms with Crippen molar-refractivity contribution in [1.29, 1.82) is 0 Å². The number of amides is 2. The lowest BCUT2D eigenvalue weighted by Crippen LogP contribution is -2.28. The van der Waals surface area contributed by atoms with E-state index in [1.165, 1.54) is 18.5 Å². The van der Waals surface area contributed by atoms with Crippen LogP contribution in [0.2, 0.25) is 0 Å². The molecule has 1 rings (SSSR count). The highest BCUT2D eigenvalue weighted by molar-refractivity contribution is 5.99. The van der Waals surface area contributed by atoms with Crippen LogP contribution < -0.4 is 10.6 Å². The van der Waals surface area contributed by atoms with Gasteiger partial charge in [0, 0.05) is 32.6 Å². The zero-order chi connectivity index (χ0) is 14.1. The van der Waals surface area contributed by atoms with Crippen LogP contribution in [0.5, 0.6) is 0 Å². The van der Waals surface area contributed by atoms with E-state index in [1.807, 2.05) is 0 Å². The summed E-state index contributed by atoms with van der Waals surface area (Å²) in [4.78, 5) is 27.3. The Hall–Kier alpha value is -2.21. The van der Waals surface area contributed by atoms with Crippen molar-refractivity contribution in [3.05, 3.63) is 42.2 Å². The predicted molar refractivity (Wildman–Crippen MR) is 71.0 cm³/mol. The summed E-state index contributed by atoms with van der Waals surface area (Å²) in [5, 5.41) is 5.28. The molecule has 0 saturated carbocycles. The summed E-state index contributed by atoms with van der Waals surface area (Å²) >= 11 is 0. The van der Waals surface area contributed by atoms with Crippen molar-refractivity contribution in [1.82, 2.24) is 15.6 Å². The van der Waals surface area contributed by atoms with Crippen molar-refractivity contribution in [3.8, 4) is 0 Å². The highest BCUT2D eigenvalue weighted by Crippen LogP contribution is 2.02. The van der Waals surface area contributed by atoms with Gasteiger partial charge in [0.15, 0.2) is 0 Å². The van der Waals surface area contributed by atoms with Gasteiger partial charge in [-0.05, 0) is 6.07 Å². The molecular formula is C13H17N3O3. The molecule has 6 nitrogen and oxygen atoms in total. The second-order valence-corrected chi connectivity index (χ2v) is 3.71. The summed E-state index contributed by atoms with van der Waals surface area (Å²) < 4.78 is 4.83. The van der Waals surface area contributed by atoms with Crippen LogP contribution in [0.4, 0.5) is 0 Å². The summed E-state index contributed by atoms with van der Waals surface area (Å²) in [5.41, 5.74) is 0.670. The lowest BCUT2D eigenvalue weighted by Gasteiger charge is -2.06. The largest absolute Gasteiger partial charge is 0.383 e. The van der Waals surface area contributed by atoms with E-state index in [-0.39, 0.29) is 11.8 Å². The standard InChI is InChI=1S/C13H17N3O3/c1-3-4-15-12(17)10-7-11(9-14-8-10)13(18)16-5-6-19-2/h3,7-9H,1,4-6H2,2H3,(H,15,17)(H,16,18). The van der Waals surface area contributed by atoms with E-state index < -0.39 is 0 Å². The molecule has 0 radical (unpaired) electrons. The maximum absolute atomic E-state index is 11.8. The molecule has 0 bridgehead atoms. The normalized spacial score (nSPS) is 9.74. The average Bonchev–Trinajstić information content (AvgIpc) is 2.45. The molecular weight excluding hydrogens is 246 g/mol. The van der Waals surface area contributed by atoms with Crippen LogP contribution in [-0.2, 0) is 4.74 Å². The van der Waals surface area contributed by atoms with E-state index >= 15 is 0 Å². The van der Waals surface area contributed by atoms with Gasteiger partial charge in [0.25, 0.3) is 11.8 Å². The molecule has 0 spiro atoms. The summed E-state index contributed by atoms with van der Waals surface area (Å²) in [6.07, 6.45) is 4.39. The summed E-state index contributed by atoms with van der Waals surface area (Å²) in [6.45, 7) is 4.71. The van der Waals surface area contributed by atoms with Gasteiger partial charge in [-0.1, -0.05) is 6.08 Å². The molecule has 0 aliphatic heterocycles. The van der Waals surface area contributed by atoms with Crippen LogP contribution in [-0.4, -0.2) is 43.6 Å². The quantitative estimate of drug-likeness (QED) is 0.550. The monoisotopic (exact) mass is 263 g/mol. The van der Waals surface area contributed by atoms with Crippen molar-refractivity contribution in [3.63, 3.8) is 0 Å². The first-order chi connectivity index (χ1) is 9.19. The summed E-state index contributed by atoms with van der Waals surface area (Å²) in [7, 11) is 1.55. The van der Waals surface area contributed by atoms with E-state index in [0.717, 1.165) is 0 Å². The molecule has 0 aliphatic rings. The maximum Gasteiger partial charge on any atom is 0.253 e. The number of nitrogens with one attached hydrogen (secondary N) is 2. The molecule has 0 aliphatic carbocycles. The minimum absolute atomic E-state index is 0.289. The van der Waals surface area contributed by atoms with Crippen molar-refractivity contribution >= 4 is 11.8 Å². The van der Waals surface area contributed by atoms with Gasteiger partial charge in [-0.15, -0.1) is 6.58 Å². The molecule has 2 N–H and O–H groups in total. The Morgan fingerprint density at radius 3 is 2.53 bits per heavy atom. The van der Waals surface area contributed by atoms with Crippen LogP contribution in [0.3, 0.4) is 0 Å². The predicted octanol–water partition coefficient (Wildman–Crippen LogP) is 0.374. The number of hydrogen-bond acceptors (Lipinski definition) is 4. The molecule has 1 aromatic rings. The highest BCUT2D eigenvalue weighted by Gasteiger charge is 2.10. The number of pyridine rings is 1. The lowest BCUT2D eigenvalue weighted by atomic mass is 10.2. The second kappa shape index (κ2) is 7.99. The first-order valence-corrected chi connectivity index (χ1v) is 5.80. The minimum Gasteiger partial charge on any atom is -0.383 e. The highest BCUT2D eigenvalue weighted by atomic mass is 16.5. The summed E-state index contributed by atoms with van der Waals surface area (Å²) in [6, 6.07) is 1.49. The van der Waals surface area contributed by atoms with E-state index in [9.17, 15) is 9.59 Å². The van der Waals surface area contributed by atoms with Crippen molar-refractivity contribution in [2.45, 2.75) is 0 Å². The van der Waals surface area contributed by atoms with E-state index in [2.05, 4.69) is 22.2 Å². The Kier molecular flexibility index (Phi) is 6.25. The Balaban J connectivity index is 2.68. The van der Waals surface area contributed by atoms with E-state index in [0.29, 0.717) is 30.8 Å². The Morgan fingerprint density at radius 2 is 1.95 bits per heavy atom. The molecule has 0 fully saturated rings. The van der Waals surface area contributed by atoms with Crippen molar-refractivity contribution < 1.29 is 14.3 Å². The van der Waals surface area contributed by atoms with Gasteiger partial charge in [0.1, 0.15) is 0 Å². The molecule has 1 heterocycles. The van der Waals surface area contributed by atoms with Gasteiger partial charge in [-0.2, -0.15) is 0 Å². The number of carbonyl (C=O) groups is 2. The Morgan fingerprint density at radius 1 is 1.32 bits per heavy atom. The Labute approximate surface area is 111 Å². The SMILES string of the molecule is C=CCNC(=O)c1cncc(C(=O)NCCOC)c1. The number of hydrogen-bond donors (Lipinski definition) is 2. The average molecular weight is 263 g/mol. The van der Waals surface area contributed by atoms with Crippen LogP contribution in [0.25, 0.3) is 0 Å². The third-order valence-electron chi connectivity index (χ3n) is 2.26. The minimum atomic E-state index is -0.293. The summed E-state index contributed by atoms with van der Waals surface area (Å²) in [5.74, 6) is -0.582. The fourth-order valence-corrected chi connectivity index (χ4v) is 1.32. The Bertz CT molecular complexity index is 460. The zero-order valence-corrected chi connectivity index (χ0v) is 10.8. The lowest BCUT2D eigenvalue weighted by molar-refractivity contribution is 0.0936. The van der Waals surface area contributed by atoms with Gasteiger partial charge in [0.2, 0.25) is 0 Å². The number of nitrogens with zero attached hydrogens (tertiary/aromatic N) is 1. The third kappa shape index (κ3) is 4.89. The number of rotatable bonds is 7. The molecule has 2 amide bonds. The number of methoxy groups -OCH3 is 1. The molecule has 0 saturated heterocycles. The van der Waals surface area contributed by atoms with Gasteiger partial charge < -0.3 is 15.4 Å². The van der Waals surface area contributed by atoms with Crippen molar-refractivity contribution in [2.24, 2.45) is 0 Å². The first kappa shape index (κ1) is 14.8. The van der Waals surface area contributed by atoms with Crippen LogP contribution in [0.1, 0.15) is 20.7 Å². The van der Waals surface area contributed by atoms with Gasteiger partial charge in [0.05, 0.1) is 17.7 Å². The molecule has 1 aromatic heterocycles. The first-order valence-electron chi connectivity index (χ1n) is 5.80. The molecule has 6 heteroatoms. The van der Waals surface area contributed by atoms with Gasteiger partial charge >= 0.3 is 0 Å². The number of ether oxygens (including phenoxy) is 1. The van der Waals surface area contributed by atoms with E-state index in [1.54, 1.807) is 13.2 Å². The molecule has 102 valence electrons. The van der Waals surface area contributed by atoms with E-state index in [4.69, 9.17) is 4.74 Å². The zero-order valence-electron chi connectivity index (χ0n) is 10.8.